The Bertz CT molecular complexity index is 1350. The Labute approximate surface area is 195 Å². The van der Waals surface area contributed by atoms with Crippen LogP contribution < -0.4 is 19.7 Å². The zero-order valence-electron chi connectivity index (χ0n) is 19.0. The quantitative estimate of drug-likeness (QED) is 0.521. The summed E-state index contributed by atoms with van der Waals surface area (Å²) in [7, 11) is 2.97. The van der Waals surface area contributed by atoms with E-state index < -0.39 is 23.4 Å². The second-order valence-electron chi connectivity index (χ2n) is 7.80. The van der Waals surface area contributed by atoms with Crippen LogP contribution in [0.5, 0.6) is 11.5 Å². The maximum Gasteiger partial charge on any atom is 0.282 e. The van der Waals surface area contributed by atoms with Crippen LogP contribution in [0.3, 0.4) is 0 Å². The smallest absolute Gasteiger partial charge is 0.282 e. The molecule has 174 valence electrons. The Morgan fingerprint density at radius 2 is 1.62 bits per heavy atom. The van der Waals surface area contributed by atoms with Crippen LogP contribution >= 0.6 is 0 Å². The largest absolute Gasteiger partial charge is 0.497 e. The average molecular weight is 464 g/mol. The van der Waals surface area contributed by atoms with Crippen molar-refractivity contribution in [1.29, 1.82) is 0 Å². The number of methoxy groups -OCH3 is 2. The minimum absolute atomic E-state index is 0.0517. The zero-order valence-corrected chi connectivity index (χ0v) is 19.0. The van der Waals surface area contributed by atoms with E-state index in [0.29, 0.717) is 33.7 Å². The third-order valence-electron chi connectivity index (χ3n) is 5.55. The average Bonchev–Trinajstić information content (AvgIpc) is 3.04. The molecule has 2 amide bonds. The molecule has 0 spiro atoms. The van der Waals surface area contributed by atoms with Crippen molar-refractivity contribution in [2.45, 2.75) is 13.8 Å². The summed E-state index contributed by atoms with van der Waals surface area (Å²) in [6.07, 6.45) is 0. The fourth-order valence-electron chi connectivity index (χ4n) is 3.91. The van der Waals surface area contributed by atoms with E-state index in [0.717, 1.165) is 23.3 Å². The molecular weight excluding hydrogens is 442 g/mol. The van der Waals surface area contributed by atoms with Gasteiger partial charge >= 0.3 is 0 Å². The number of nitrogens with zero attached hydrogens (tertiary/aromatic N) is 1. The molecule has 1 aliphatic rings. The second kappa shape index (κ2) is 8.97. The zero-order chi connectivity index (χ0) is 24.6. The molecule has 0 fully saturated rings. The predicted octanol–water partition coefficient (Wildman–Crippen LogP) is 5.00. The molecule has 6 nitrogen and oxygen atoms in total. The highest BCUT2D eigenvalue weighted by Crippen LogP contribution is 2.38. The number of nitrogens with one attached hydrogen (secondary N) is 1. The van der Waals surface area contributed by atoms with Gasteiger partial charge in [-0.1, -0.05) is 23.8 Å². The van der Waals surface area contributed by atoms with E-state index >= 15 is 0 Å². The minimum Gasteiger partial charge on any atom is -0.497 e. The number of rotatable bonds is 6. The number of anilines is 2. The first-order valence-corrected chi connectivity index (χ1v) is 10.4. The lowest BCUT2D eigenvalue weighted by atomic mass is 9.97. The third kappa shape index (κ3) is 3.98. The van der Waals surface area contributed by atoms with Crippen molar-refractivity contribution in [3.8, 4) is 11.5 Å². The molecule has 34 heavy (non-hydrogen) atoms. The SMILES string of the molecule is COc1ccc(NC2=C(c3ccc(C)cc3C)C(=O)N(c3ccc(F)cc3F)C2=O)c(OC)c1. The molecule has 0 aliphatic carbocycles. The number of halogens is 2. The van der Waals surface area contributed by atoms with Gasteiger partial charge in [0.15, 0.2) is 0 Å². The van der Waals surface area contributed by atoms with Crippen molar-refractivity contribution >= 4 is 28.8 Å². The van der Waals surface area contributed by atoms with Gasteiger partial charge in [0.2, 0.25) is 0 Å². The fourth-order valence-corrected chi connectivity index (χ4v) is 3.91. The Morgan fingerprint density at radius 3 is 2.26 bits per heavy atom. The molecular formula is C26H22F2N2O4. The van der Waals surface area contributed by atoms with E-state index in [2.05, 4.69) is 5.32 Å². The number of benzene rings is 3. The summed E-state index contributed by atoms with van der Waals surface area (Å²) in [6, 6.07) is 13.1. The minimum atomic E-state index is -1.02. The molecule has 0 bridgehead atoms. The highest BCUT2D eigenvalue weighted by Gasteiger charge is 2.42. The summed E-state index contributed by atoms with van der Waals surface area (Å²) in [5, 5.41) is 3.00. The number of imide groups is 1. The molecule has 1 heterocycles. The highest BCUT2D eigenvalue weighted by atomic mass is 19.1. The highest BCUT2D eigenvalue weighted by molar-refractivity contribution is 6.46. The molecule has 4 rings (SSSR count). The summed E-state index contributed by atoms with van der Waals surface area (Å²) in [5.41, 5.74) is 2.35. The van der Waals surface area contributed by atoms with Crippen molar-refractivity contribution in [2.24, 2.45) is 0 Å². The van der Waals surface area contributed by atoms with Gasteiger partial charge in [-0.3, -0.25) is 9.59 Å². The number of amides is 2. The van der Waals surface area contributed by atoms with Crippen molar-refractivity contribution in [2.75, 3.05) is 24.4 Å². The van der Waals surface area contributed by atoms with Crippen LogP contribution in [0.1, 0.15) is 16.7 Å². The molecule has 0 saturated heterocycles. The topological polar surface area (TPSA) is 67.9 Å². The van der Waals surface area contributed by atoms with Crippen LogP contribution in [-0.2, 0) is 9.59 Å². The van der Waals surface area contributed by atoms with E-state index in [1.807, 2.05) is 26.0 Å². The van der Waals surface area contributed by atoms with Crippen LogP contribution in [0, 0.1) is 25.5 Å². The Hall–Kier alpha value is -4.20. The van der Waals surface area contributed by atoms with E-state index in [1.165, 1.54) is 14.2 Å². The normalized spacial score (nSPS) is 13.5. The molecule has 3 aromatic rings. The summed E-state index contributed by atoms with van der Waals surface area (Å²) in [4.78, 5) is 27.8. The lowest BCUT2D eigenvalue weighted by Gasteiger charge is -2.17. The second-order valence-corrected chi connectivity index (χ2v) is 7.80. The Kier molecular flexibility index (Phi) is 6.06. The van der Waals surface area contributed by atoms with Gasteiger partial charge in [-0.15, -0.1) is 0 Å². The molecule has 0 radical (unpaired) electrons. The maximum atomic E-state index is 14.6. The number of hydrogen-bond acceptors (Lipinski definition) is 5. The van der Waals surface area contributed by atoms with Crippen molar-refractivity contribution in [3.05, 3.63) is 88.6 Å². The fraction of sp³-hybridized carbons (Fsp3) is 0.154. The van der Waals surface area contributed by atoms with E-state index in [1.54, 1.807) is 24.3 Å². The summed E-state index contributed by atoms with van der Waals surface area (Å²) in [5.74, 6) is -2.43. The van der Waals surface area contributed by atoms with Gasteiger partial charge in [-0.2, -0.15) is 0 Å². The van der Waals surface area contributed by atoms with Crippen LogP contribution in [0.2, 0.25) is 0 Å². The van der Waals surface area contributed by atoms with Crippen molar-refractivity contribution in [1.82, 2.24) is 0 Å². The van der Waals surface area contributed by atoms with Gasteiger partial charge in [0.05, 0.1) is 31.2 Å². The first-order valence-electron chi connectivity index (χ1n) is 10.4. The summed E-state index contributed by atoms with van der Waals surface area (Å²) >= 11 is 0. The lowest BCUT2D eigenvalue weighted by molar-refractivity contribution is -0.120. The molecule has 0 unspecified atom stereocenters. The number of hydrogen-bond donors (Lipinski definition) is 1. The van der Waals surface area contributed by atoms with Gasteiger partial charge in [0, 0.05) is 12.1 Å². The molecule has 1 N–H and O–H groups in total. The predicted molar refractivity (Wildman–Crippen MR) is 125 cm³/mol. The van der Waals surface area contributed by atoms with Gasteiger partial charge < -0.3 is 14.8 Å². The standard InChI is InChI=1S/C26H22F2N2O4/c1-14-5-8-18(15(2)11-14)23-24(29-20-9-7-17(33-3)13-22(20)34-4)26(32)30(25(23)31)21-10-6-16(27)12-19(21)28/h5-13,29H,1-4H3. The number of aryl methyl sites for hydroxylation is 2. The Morgan fingerprint density at radius 1 is 0.853 bits per heavy atom. The maximum absolute atomic E-state index is 14.6. The molecule has 1 aliphatic heterocycles. The number of carbonyl (C=O) groups excluding carboxylic acids is 2. The van der Waals surface area contributed by atoms with Crippen LogP contribution in [-0.4, -0.2) is 26.0 Å². The summed E-state index contributed by atoms with van der Waals surface area (Å²) in [6.45, 7) is 3.73. The van der Waals surface area contributed by atoms with Crippen LogP contribution in [0.25, 0.3) is 5.57 Å². The van der Waals surface area contributed by atoms with Gasteiger partial charge in [-0.05, 0) is 49.2 Å². The van der Waals surface area contributed by atoms with Crippen molar-refractivity contribution < 1.29 is 27.8 Å². The van der Waals surface area contributed by atoms with Crippen LogP contribution in [0.15, 0.2) is 60.3 Å². The summed E-state index contributed by atoms with van der Waals surface area (Å²) < 4.78 is 38.7. The molecule has 0 saturated carbocycles. The van der Waals surface area contributed by atoms with E-state index in [4.69, 9.17) is 9.47 Å². The van der Waals surface area contributed by atoms with Gasteiger partial charge in [0.1, 0.15) is 28.8 Å². The van der Waals surface area contributed by atoms with E-state index in [-0.39, 0.29) is 17.0 Å². The molecule has 3 aromatic carbocycles. The molecule has 8 heteroatoms. The van der Waals surface area contributed by atoms with Gasteiger partial charge in [-0.25, -0.2) is 13.7 Å². The molecule has 0 atom stereocenters. The number of carbonyl (C=O) groups is 2. The van der Waals surface area contributed by atoms with E-state index in [9.17, 15) is 18.4 Å². The first kappa shape index (κ1) is 23.0. The first-order chi connectivity index (χ1) is 16.2. The van der Waals surface area contributed by atoms with Gasteiger partial charge in [0.25, 0.3) is 11.8 Å². The lowest BCUT2D eigenvalue weighted by Crippen LogP contribution is -2.33. The van der Waals surface area contributed by atoms with Crippen LogP contribution in [0.4, 0.5) is 20.2 Å². The number of ether oxygens (including phenoxy) is 2. The van der Waals surface area contributed by atoms with Crippen molar-refractivity contribution in [3.63, 3.8) is 0 Å². The monoisotopic (exact) mass is 464 g/mol. The third-order valence-corrected chi connectivity index (χ3v) is 5.55. The molecule has 0 aromatic heterocycles. The Balaban J connectivity index is 1.88.